The van der Waals surface area contributed by atoms with E-state index >= 15 is 0 Å². The van der Waals surface area contributed by atoms with Crippen molar-refractivity contribution in [3.63, 3.8) is 0 Å². The summed E-state index contributed by atoms with van der Waals surface area (Å²) in [7, 11) is 0. The molecule has 5 nitrogen and oxygen atoms in total. The molecule has 140 valence electrons. The zero-order valence-corrected chi connectivity index (χ0v) is 15.5. The topological polar surface area (TPSA) is 43.9 Å². The van der Waals surface area contributed by atoms with E-state index in [1.54, 1.807) is 0 Å². The molecular formula is C21H29N3O2. The lowest BCUT2D eigenvalue weighted by Gasteiger charge is -2.38. The minimum atomic E-state index is 0.101. The van der Waals surface area contributed by atoms with Crippen molar-refractivity contribution in [1.82, 2.24) is 14.7 Å². The molecule has 0 radical (unpaired) electrons. The third kappa shape index (κ3) is 3.93. The molecule has 0 bridgehead atoms. The summed E-state index contributed by atoms with van der Waals surface area (Å²) in [4.78, 5) is 32.0. The van der Waals surface area contributed by atoms with Crippen LogP contribution in [0.25, 0.3) is 0 Å². The van der Waals surface area contributed by atoms with Crippen LogP contribution in [0.4, 0.5) is 0 Å². The van der Waals surface area contributed by atoms with E-state index in [1.807, 2.05) is 40.1 Å². The smallest absolute Gasteiger partial charge is 0.240 e. The predicted octanol–water partition coefficient (Wildman–Crippen LogP) is 1.77. The van der Waals surface area contributed by atoms with Gasteiger partial charge in [-0.25, -0.2) is 0 Å². The highest BCUT2D eigenvalue weighted by molar-refractivity contribution is 5.83. The Bertz CT molecular complexity index is 630. The van der Waals surface area contributed by atoms with Crippen LogP contribution in [0.1, 0.15) is 31.2 Å². The summed E-state index contributed by atoms with van der Waals surface area (Å²) in [5.74, 6) is 1.05. The van der Waals surface area contributed by atoms with Gasteiger partial charge < -0.3 is 9.80 Å². The van der Waals surface area contributed by atoms with Crippen molar-refractivity contribution in [3.8, 4) is 0 Å². The Morgan fingerprint density at radius 2 is 1.50 bits per heavy atom. The molecule has 2 heterocycles. The third-order valence-corrected chi connectivity index (χ3v) is 6.00. The van der Waals surface area contributed by atoms with Crippen molar-refractivity contribution < 1.29 is 9.59 Å². The lowest BCUT2D eigenvalue weighted by Crippen LogP contribution is -2.56. The molecule has 0 aromatic heterocycles. The van der Waals surface area contributed by atoms with E-state index in [0.717, 1.165) is 18.7 Å². The maximum absolute atomic E-state index is 13.1. The minimum absolute atomic E-state index is 0.101. The monoisotopic (exact) mass is 355 g/mol. The zero-order chi connectivity index (χ0) is 17.9. The van der Waals surface area contributed by atoms with Gasteiger partial charge >= 0.3 is 0 Å². The number of nitrogens with zero attached hydrogens (tertiary/aromatic N) is 3. The quantitative estimate of drug-likeness (QED) is 0.809. The molecule has 3 aliphatic rings. The first-order valence-corrected chi connectivity index (χ1v) is 10.1. The lowest BCUT2D eigenvalue weighted by molar-refractivity contribution is -0.143. The van der Waals surface area contributed by atoms with Crippen LogP contribution in [0.2, 0.25) is 0 Å². The van der Waals surface area contributed by atoms with Crippen LogP contribution in [0.5, 0.6) is 0 Å². The van der Waals surface area contributed by atoms with E-state index in [2.05, 4.69) is 4.90 Å². The average molecular weight is 355 g/mol. The van der Waals surface area contributed by atoms with E-state index in [1.165, 1.54) is 25.7 Å². The lowest BCUT2D eigenvalue weighted by atomic mass is 10.1. The molecule has 1 aliphatic carbocycles. The minimum Gasteiger partial charge on any atom is -0.339 e. The number of benzene rings is 1. The maximum atomic E-state index is 13.1. The molecule has 1 atom stereocenters. The zero-order valence-electron chi connectivity index (χ0n) is 15.5. The maximum Gasteiger partial charge on any atom is 0.240 e. The number of amides is 2. The molecule has 1 saturated carbocycles. The Morgan fingerprint density at radius 3 is 2.12 bits per heavy atom. The summed E-state index contributed by atoms with van der Waals surface area (Å²) in [6.07, 6.45) is 5.29. The Kier molecular flexibility index (Phi) is 5.25. The summed E-state index contributed by atoms with van der Waals surface area (Å²) in [5.41, 5.74) is 1.05. The number of hydrogen-bond donors (Lipinski definition) is 0. The Morgan fingerprint density at radius 1 is 0.885 bits per heavy atom. The molecule has 1 aromatic carbocycles. The van der Waals surface area contributed by atoms with Crippen LogP contribution < -0.4 is 0 Å². The number of likely N-dealkylation sites (tertiary alicyclic amines) is 1. The summed E-state index contributed by atoms with van der Waals surface area (Å²) in [5, 5.41) is 0. The number of carbonyl (C=O) groups excluding carboxylic acids is 2. The van der Waals surface area contributed by atoms with Crippen LogP contribution in [-0.2, 0) is 16.0 Å². The second kappa shape index (κ2) is 7.78. The first-order valence-electron chi connectivity index (χ1n) is 10.1. The second-order valence-electron chi connectivity index (χ2n) is 7.89. The fourth-order valence-corrected chi connectivity index (χ4v) is 4.33. The van der Waals surface area contributed by atoms with Crippen LogP contribution in [0.15, 0.2) is 30.3 Å². The number of piperazine rings is 1. The van der Waals surface area contributed by atoms with Gasteiger partial charge in [0.2, 0.25) is 11.8 Å². The third-order valence-electron chi connectivity index (χ3n) is 6.00. The molecule has 2 saturated heterocycles. The van der Waals surface area contributed by atoms with Crippen molar-refractivity contribution in [3.05, 3.63) is 35.9 Å². The molecule has 4 rings (SSSR count). The van der Waals surface area contributed by atoms with Crippen molar-refractivity contribution in [2.75, 3.05) is 39.3 Å². The fraction of sp³-hybridized carbons (Fsp3) is 0.619. The van der Waals surface area contributed by atoms with Gasteiger partial charge in [0.15, 0.2) is 0 Å². The van der Waals surface area contributed by atoms with Crippen molar-refractivity contribution >= 4 is 11.8 Å². The number of carbonyl (C=O) groups is 2. The van der Waals surface area contributed by atoms with E-state index in [4.69, 9.17) is 0 Å². The van der Waals surface area contributed by atoms with Gasteiger partial charge in [-0.15, -0.1) is 0 Å². The first-order chi connectivity index (χ1) is 12.7. The molecule has 1 aromatic rings. The van der Waals surface area contributed by atoms with Crippen LogP contribution >= 0.6 is 0 Å². The second-order valence-corrected chi connectivity index (χ2v) is 7.89. The van der Waals surface area contributed by atoms with Gasteiger partial charge in [-0.2, -0.15) is 0 Å². The SMILES string of the molecule is O=C(Cc1ccccc1)N1CCN(C(=O)C(C2CC2)N2CCCC2)CC1. The van der Waals surface area contributed by atoms with Crippen LogP contribution in [0.3, 0.4) is 0 Å². The van der Waals surface area contributed by atoms with Gasteiger partial charge in [-0.1, -0.05) is 30.3 Å². The fourth-order valence-electron chi connectivity index (χ4n) is 4.33. The molecular weight excluding hydrogens is 326 g/mol. The van der Waals surface area contributed by atoms with E-state index in [-0.39, 0.29) is 11.9 Å². The first kappa shape index (κ1) is 17.5. The van der Waals surface area contributed by atoms with Crippen molar-refractivity contribution in [2.24, 2.45) is 5.92 Å². The summed E-state index contributed by atoms with van der Waals surface area (Å²) < 4.78 is 0. The van der Waals surface area contributed by atoms with Crippen LogP contribution in [-0.4, -0.2) is 71.8 Å². The summed E-state index contributed by atoms with van der Waals surface area (Å²) in [6.45, 7) is 4.82. The van der Waals surface area contributed by atoms with Crippen LogP contribution in [0, 0.1) is 5.92 Å². The van der Waals surface area contributed by atoms with Gasteiger partial charge in [0.25, 0.3) is 0 Å². The summed E-state index contributed by atoms with van der Waals surface area (Å²) >= 11 is 0. The highest BCUT2D eigenvalue weighted by Gasteiger charge is 2.43. The molecule has 1 unspecified atom stereocenters. The normalized spacial score (nSPS) is 22.5. The largest absolute Gasteiger partial charge is 0.339 e. The van der Waals surface area contributed by atoms with E-state index < -0.39 is 0 Å². The Hall–Kier alpha value is -1.88. The number of rotatable bonds is 5. The molecule has 26 heavy (non-hydrogen) atoms. The molecule has 3 fully saturated rings. The molecule has 2 aliphatic heterocycles. The number of hydrogen-bond acceptors (Lipinski definition) is 3. The predicted molar refractivity (Wildman–Crippen MR) is 101 cm³/mol. The Balaban J connectivity index is 1.31. The standard InChI is InChI=1S/C21H29N3O2/c25-19(16-17-6-2-1-3-7-17)22-12-14-24(15-13-22)21(26)20(18-8-9-18)23-10-4-5-11-23/h1-3,6-7,18,20H,4-5,8-16H2. The van der Waals surface area contributed by atoms with Gasteiger partial charge in [-0.05, 0) is 50.3 Å². The molecule has 0 N–H and O–H groups in total. The molecule has 2 amide bonds. The van der Waals surface area contributed by atoms with Gasteiger partial charge in [0, 0.05) is 26.2 Å². The highest BCUT2D eigenvalue weighted by atomic mass is 16.2. The van der Waals surface area contributed by atoms with Crippen molar-refractivity contribution in [2.45, 2.75) is 38.1 Å². The molecule has 0 spiro atoms. The Labute approximate surface area is 155 Å². The highest BCUT2D eigenvalue weighted by Crippen LogP contribution is 2.37. The molecule has 5 heteroatoms. The average Bonchev–Trinajstić information content (AvgIpc) is 3.36. The van der Waals surface area contributed by atoms with Gasteiger partial charge in [0.05, 0.1) is 12.5 Å². The van der Waals surface area contributed by atoms with Crippen molar-refractivity contribution in [1.29, 1.82) is 0 Å². The van der Waals surface area contributed by atoms with Gasteiger partial charge in [0.1, 0.15) is 0 Å². The van der Waals surface area contributed by atoms with Gasteiger partial charge in [-0.3, -0.25) is 14.5 Å². The van der Waals surface area contributed by atoms with E-state index in [0.29, 0.717) is 44.4 Å². The summed E-state index contributed by atoms with van der Waals surface area (Å²) in [6, 6.07) is 9.99. The van der Waals surface area contributed by atoms with E-state index in [9.17, 15) is 9.59 Å².